The summed E-state index contributed by atoms with van der Waals surface area (Å²) in [4.78, 5) is 12.2. The number of carbonyl (C=O) groups excluding carboxylic acids is 1. The summed E-state index contributed by atoms with van der Waals surface area (Å²) in [5, 5.41) is 1.12. The van der Waals surface area contributed by atoms with Crippen LogP contribution in [0.2, 0.25) is 0 Å². The number of thiophene rings is 1. The van der Waals surface area contributed by atoms with Gasteiger partial charge in [-0.25, -0.2) is 4.79 Å². The van der Waals surface area contributed by atoms with Gasteiger partial charge in [-0.15, -0.1) is 11.3 Å². The van der Waals surface area contributed by atoms with Crippen molar-refractivity contribution in [3.8, 4) is 0 Å². The van der Waals surface area contributed by atoms with E-state index in [1.807, 2.05) is 31.2 Å². The molecule has 0 saturated carbocycles. The summed E-state index contributed by atoms with van der Waals surface area (Å²) in [6.07, 6.45) is 0. The van der Waals surface area contributed by atoms with Gasteiger partial charge in [-0.05, 0) is 23.9 Å². The van der Waals surface area contributed by atoms with Crippen molar-refractivity contribution in [2.75, 3.05) is 7.11 Å². The van der Waals surface area contributed by atoms with Crippen molar-refractivity contribution in [2.45, 2.75) is 13.0 Å². The number of methoxy groups -OCH3 is 1. The minimum Gasteiger partial charge on any atom is -0.468 e. The third kappa shape index (κ3) is 1.81. The Hall–Kier alpha value is -1.39. The second-order valence-electron chi connectivity index (χ2n) is 3.64. The highest BCUT2D eigenvalue weighted by Gasteiger charge is 2.18. The van der Waals surface area contributed by atoms with E-state index in [-0.39, 0.29) is 0 Å². The van der Waals surface area contributed by atoms with Crippen molar-refractivity contribution in [3.63, 3.8) is 0 Å². The fourth-order valence-electron chi connectivity index (χ4n) is 1.63. The van der Waals surface area contributed by atoms with Gasteiger partial charge in [0.15, 0.2) is 0 Å². The minimum absolute atomic E-state index is 0.399. The van der Waals surface area contributed by atoms with Crippen molar-refractivity contribution in [1.29, 1.82) is 0 Å². The van der Waals surface area contributed by atoms with Crippen molar-refractivity contribution in [3.05, 3.63) is 34.7 Å². The van der Waals surface area contributed by atoms with Crippen molar-refractivity contribution >= 4 is 27.4 Å². The van der Waals surface area contributed by atoms with Gasteiger partial charge >= 0.3 is 5.97 Å². The maximum absolute atomic E-state index is 11.3. The van der Waals surface area contributed by atoms with E-state index >= 15 is 0 Å². The molecule has 0 saturated heterocycles. The van der Waals surface area contributed by atoms with E-state index in [0.717, 1.165) is 10.3 Å². The number of carbonyl (C=O) groups is 1. The molecule has 0 aliphatic heterocycles. The van der Waals surface area contributed by atoms with Crippen LogP contribution >= 0.6 is 11.3 Å². The number of fused-ring (bicyclic) bond motifs is 1. The summed E-state index contributed by atoms with van der Waals surface area (Å²) >= 11 is 1.55. The monoisotopic (exact) mass is 235 g/mol. The van der Waals surface area contributed by atoms with Gasteiger partial charge in [-0.1, -0.05) is 18.2 Å². The predicted octanol–water partition coefficient (Wildman–Crippen LogP) is 2.38. The molecule has 0 radical (unpaired) electrons. The van der Waals surface area contributed by atoms with E-state index in [0.29, 0.717) is 0 Å². The van der Waals surface area contributed by atoms with E-state index < -0.39 is 12.0 Å². The number of nitrogens with two attached hydrogens (primary N) is 1. The first-order chi connectivity index (χ1) is 7.63. The number of esters is 1. The van der Waals surface area contributed by atoms with Crippen LogP contribution in [0.4, 0.5) is 0 Å². The van der Waals surface area contributed by atoms with Crippen molar-refractivity contribution < 1.29 is 9.53 Å². The topological polar surface area (TPSA) is 52.3 Å². The smallest absolute Gasteiger partial charge is 0.328 e. The maximum Gasteiger partial charge on any atom is 0.328 e. The molecule has 1 aromatic heterocycles. The summed E-state index contributed by atoms with van der Waals surface area (Å²) in [7, 11) is 1.35. The summed E-state index contributed by atoms with van der Waals surface area (Å²) < 4.78 is 5.81. The molecule has 0 spiro atoms. The van der Waals surface area contributed by atoms with E-state index in [2.05, 4.69) is 4.74 Å². The van der Waals surface area contributed by atoms with Crippen LogP contribution in [0.25, 0.3) is 10.1 Å². The molecule has 2 rings (SSSR count). The lowest BCUT2D eigenvalue weighted by atomic mass is 10.1. The molecular formula is C12H13NO2S. The zero-order chi connectivity index (χ0) is 11.7. The van der Waals surface area contributed by atoms with Gasteiger partial charge in [0.25, 0.3) is 0 Å². The number of hydrogen-bond acceptors (Lipinski definition) is 4. The van der Waals surface area contributed by atoms with E-state index in [1.54, 1.807) is 11.3 Å². The highest BCUT2D eigenvalue weighted by Crippen LogP contribution is 2.31. The lowest BCUT2D eigenvalue weighted by Gasteiger charge is -2.05. The molecular weight excluding hydrogens is 222 g/mol. The Morgan fingerprint density at radius 2 is 2.25 bits per heavy atom. The Morgan fingerprint density at radius 3 is 2.88 bits per heavy atom. The third-order valence-corrected chi connectivity index (χ3v) is 3.89. The van der Waals surface area contributed by atoms with Crippen LogP contribution in [-0.2, 0) is 9.53 Å². The molecule has 0 amide bonds. The van der Waals surface area contributed by atoms with Gasteiger partial charge in [-0.3, -0.25) is 0 Å². The third-order valence-electron chi connectivity index (χ3n) is 2.52. The van der Waals surface area contributed by atoms with E-state index in [1.165, 1.54) is 17.4 Å². The fourth-order valence-corrected chi connectivity index (χ4v) is 2.74. The van der Waals surface area contributed by atoms with Crippen LogP contribution in [0.15, 0.2) is 24.3 Å². The van der Waals surface area contributed by atoms with Crippen molar-refractivity contribution in [2.24, 2.45) is 5.73 Å². The molecule has 84 valence electrons. The van der Waals surface area contributed by atoms with Gasteiger partial charge in [0.1, 0.15) is 6.04 Å². The molecule has 2 aromatic rings. The Morgan fingerprint density at radius 1 is 1.50 bits per heavy atom. The van der Waals surface area contributed by atoms with Crippen LogP contribution in [0.5, 0.6) is 0 Å². The van der Waals surface area contributed by atoms with Crippen LogP contribution in [-0.4, -0.2) is 13.1 Å². The zero-order valence-electron chi connectivity index (χ0n) is 9.19. The van der Waals surface area contributed by atoms with Crippen LogP contribution < -0.4 is 5.73 Å². The van der Waals surface area contributed by atoms with E-state index in [9.17, 15) is 4.79 Å². The second kappa shape index (κ2) is 4.23. The molecule has 2 N–H and O–H groups in total. The molecule has 1 aromatic carbocycles. The molecule has 4 heteroatoms. The normalized spacial score (nSPS) is 12.7. The van der Waals surface area contributed by atoms with Gasteiger partial charge in [0.2, 0.25) is 0 Å². The predicted molar refractivity (Wildman–Crippen MR) is 65.5 cm³/mol. The van der Waals surface area contributed by atoms with Gasteiger partial charge in [-0.2, -0.15) is 0 Å². The number of benzene rings is 1. The maximum atomic E-state index is 11.3. The molecule has 0 bridgehead atoms. The highest BCUT2D eigenvalue weighted by molar-refractivity contribution is 7.19. The standard InChI is InChI=1S/C12H13NO2S/c1-7-4-3-5-8-6-9(16-11(7)8)10(13)12(14)15-2/h3-6,10H,13H2,1-2H3. The SMILES string of the molecule is COC(=O)C(N)c1cc2cccc(C)c2s1. The van der Waals surface area contributed by atoms with Crippen LogP contribution in [0.3, 0.4) is 0 Å². The summed E-state index contributed by atoms with van der Waals surface area (Å²) in [6, 6.07) is 7.34. The van der Waals surface area contributed by atoms with Gasteiger partial charge < -0.3 is 10.5 Å². The molecule has 16 heavy (non-hydrogen) atoms. The molecule has 0 fully saturated rings. The largest absolute Gasteiger partial charge is 0.468 e. The van der Waals surface area contributed by atoms with Crippen molar-refractivity contribution in [1.82, 2.24) is 0 Å². The Bertz CT molecular complexity index is 533. The Labute approximate surface area is 97.8 Å². The summed E-state index contributed by atoms with van der Waals surface area (Å²) in [5.41, 5.74) is 7.00. The molecule has 1 heterocycles. The minimum atomic E-state index is -0.679. The van der Waals surface area contributed by atoms with Crippen LogP contribution in [0.1, 0.15) is 16.5 Å². The number of aryl methyl sites for hydroxylation is 1. The van der Waals surface area contributed by atoms with E-state index in [4.69, 9.17) is 5.73 Å². The Kier molecular flexibility index (Phi) is 2.94. The molecule has 0 aliphatic rings. The first-order valence-electron chi connectivity index (χ1n) is 4.96. The fraction of sp³-hybridized carbons (Fsp3) is 0.250. The Balaban J connectivity index is 2.47. The first-order valence-corrected chi connectivity index (χ1v) is 5.77. The van der Waals surface area contributed by atoms with Gasteiger partial charge in [0.05, 0.1) is 7.11 Å². The summed E-state index contributed by atoms with van der Waals surface area (Å²) in [6.45, 7) is 2.05. The zero-order valence-corrected chi connectivity index (χ0v) is 10.0. The molecule has 3 nitrogen and oxygen atoms in total. The second-order valence-corrected chi connectivity index (χ2v) is 4.73. The molecule has 0 aliphatic carbocycles. The number of ether oxygens (including phenoxy) is 1. The average Bonchev–Trinajstić information content (AvgIpc) is 2.72. The number of hydrogen-bond donors (Lipinski definition) is 1. The quantitative estimate of drug-likeness (QED) is 0.813. The molecule has 1 atom stereocenters. The lowest BCUT2D eigenvalue weighted by molar-refractivity contribution is -0.142. The molecule has 1 unspecified atom stereocenters. The summed E-state index contributed by atoms with van der Waals surface area (Å²) in [5.74, 6) is -0.399. The van der Waals surface area contributed by atoms with Gasteiger partial charge in [0, 0.05) is 9.58 Å². The average molecular weight is 235 g/mol. The number of rotatable bonds is 2. The lowest BCUT2D eigenvalue weighted by Crippen LogP contribution is -2.21. The first kappa shape index (κ1) is 11.1. The highest BCUT2D eigenvalue weighted by atomic mass is 32.1. The van der Waals surface area contributed by atoms with Crippen LogP contribution in [0, 0.1) is 6.92 Å².